The average molecular weight is 402 g/mol. The Morgan fingerprint density at radius 3 is 2.50 bits per heavy atom. The summed E-state index contributed by atoms with van der Waals surface area (Å²) < 4.78 is 31.5. The van der Waals surface area contributed by atoms with E-state index in [4.69, 9.17) is 4.18 Å². The number of hydrogen-bond acceptors (Lipinski definition) is 7. The minimum absolute atomic E-state index is 0.0703. The summed E-state index contributed by atoms with van der Waals surface area (Å²) in [7, 11) is -2.42. The fraction of sp³-hybridized carbons (Fsp3) is 0.316. The number of aryl methyl sites for hydroxylation is 2. The maximum atomic E-state index is 12.4. The number of ketones is 2. The van der Waals surface area contributed by atoms with Gasteiger partial charge in [0.25, 0.3) is 0 Å². The van der Waals surface area contributed by atoms with Crippen molar-refractivity contribution in [1.82, 2.24) is 9.78 Å². The first-order valence-electron chi connectivity index (χ1n) is 8.74. The quantitative estimate of drug-likeness (QED) is 0.337. The Balaban J connectivity index is 2.02. The van der Waals surface area contributed by atoms with Crippen LogP contribution in [0.15, 0.2) is 22.7 Å². The molecule has 9 heteroatoms. The number of benzene rings is 1. The predicted octanol–water partition coefficient (Wildman–Crippen LogP) is 2.38. The van der Waals surface area contributed by atoms with Crippen molar-refractivity contribution < 1.29 is 27.3 Å². The van der Waals surface area contributed by atoms with Gasteiger partial charge in [-0.1, -0.05) is 0 Å². The molecule has 0 unspecified atom stereocenters. The van der Waals surface area contributed by atoms with E-state index in [1.165, 1.54) is 16.9 Å². The van der Waals surface area contributed by atoms with Crippen LogP contribution in [-0.4, -0.2) is 34.9 Å². The number of rotatable bonds is 1. The van der Waals surface area contributed by atoms with Gasteiger partial charge in [0.1, 0.15) is 17.0 Å². The van der Waals surface area contributed by atoms with E-state index in [-0.39, 0.29) is 57.6 Å². The fourth-order valence-corrected chi connectivity index (χ4v) is 4.91. The molecule has 0 amide bonds. The molecule has 1 saturated carbocycles. The van der Waals surface area contributed by atoms with E-state index in [1.807, 2.05) is 0 Å². The molecule has 0 bridgehead atoms. The topological polar surface area (TPSA) is 116 Å². The molecular weight excluding hydrogens is 384 g/mol. The Morgan fingerprint density at radius 1 is 1.21 bits per heavy atom. The van der Waals surface area contributed by atoms with Crippen molar-refractivity contribution in [2.45, 2.75) is 38.0 Å². The Morgan fingerprint density at radius 2 is 1.86 bits per heavy atom. The highest BCUT2D eigenvalue weighted by atomic mass is 32.2. The molecule has 8 nitrogen and oxygen atoms in total. The van der Waals surface area contributed by atoms with Crippen molar-refractivity contribution in [1.29, 1.82) is 0 Å². The molecule has 0 spiro atoms. The van der Waals surface area contributed by atoms with Gasteiger partial charge in [-0.2, -0.15) is 13.5 Å². The van der Waals surface area contributed by atoms with Crippen molar-refractivity contribution in [2.24, 2.45) is 7.05 Å². The summed E-state index contributed by atoms with van der Waals surface area (Å²) in [6.07, 6.45) is 2.24. The molecule has 1 aliphatic heterocycles. The molecule has 0 saturated heterocycles. The number of carbonyl (C=O) groups is 2. The maximum absolute atomic E-state index is 12.4. The highest BCUT2D eigenvalue weighted by molar-refractivity contribution is 7.87. The SMILES string of the molecule is Cc1cc(C(O)=C2C(=O)CCCC2=O)c(C)c2c1OS(=O)(=O)c1cn(C)nc1-2. The monoisotopic (exact) mass is 402 g/mol. The van der Waals surface area contributed by atoms with E-state index >= 15 is 0 Å². The molecule has 4 rings (SSSR count). The lowest BCUT2D eigenvalue weighted by atomic mass is 9.87. The van der Waals surface area contributed by atoms with E-state index in [2.05, 4.69) is 5.10 Å². The number of aliphatic hydroxyl groups is 1. The van der Waals surface area contributed by atoms with Crippen LogP contribution in [0.2, 0.25) is 0 Å². The van der Waals surface area contributed by atoms with Gasteiger partial charge in [0.05, 0.1) is 5.56 Å². The summed E-state index contributed by atoms with van der Waals surface area (Å²) >= 11 is 0. The molecule has 1 N–H and O–H groups in total. The van der Waals surface area contributed by atoms with Crippen molar-refractivity contribution in [2.75, 3.05) is 0 Å². The molecule has 1 aromatic heterocycles. The molecule has 0 atom stereocenters. The van der Waals surface area contributed by atoms with Gasteiger partial charge < -0.3 is 9.29 Å². The smallest absolute Gasteiger partial charge is 0.343 e. The van der Waals surface area contributed by atoms with Crippen LogP contribution in [0.5, 0.6) is 5.75 Å². The van der Waals surface area contributed by atoms with Crippen molar-refractivity contribution in [3.8, 4) is 17.0 Å². The summed E-state index contributed by atoms with van der Waals surface area (Å²) in [6.45, 7) is 3.30. The first-order chi connectivity index (χ1) is 13.1. The summed E-state index contributed by atoms with van der Waals surface area (Å²) in [5.41, 5.74) is 1.65. The number of nitrogens with zero attached hydrogens (tertiary/aromatic N) is 2. The molecule has 1 aliphatic carbocycles. The molecule has 2 aliphatic rings. The molecular formula is C19H18N2O6S. The first-order valence-corrected chi connectivity index (χ1v) is 10.2. The second kappa shape index (κ2) is 6.03. The van der Waals surface area contributed by atoms with Gasteiger partial charge in [-0.3, -0.25) is 14.3 Å². The third-order valence-corrected chi connectivity index (χ3v) is 6.30. The predicted molar refractivity (Wildman–Crippen MR) is 99.3 cm³/mol. The zero-order valence-electron chi connectivity index (χ0n) is 15.6. The zero-order valence-corrected chi connectivity index (χ0v) is 16.4. The molecule has 2 aromatic rings. The van der Waals surface area contributed by atoms with Crippen LogP contribution in [0.1, 0.15) is 36.0 Å². The summed E-state index contributed by atoms with van der Waals surface area (Å²) in [5, 5.41) is 15.1. The van der Waals surface area contributed by atoms with Gasteiger partial charge in [0, 0.05) is 31.6 Å². The molecule has 28 heavy (non-hydrogen) atoms. The molecule has 1 aromatic carbocycles. The lowest BCUT2D eigenvalue weighted by Gasteiger charge is -2.23. The second-order valence-corrected chi connectivity index (χ2v) is 8.56. The van der Waals surface area contributed by atoms with E-state index < -0.39 is 10.1 Å². The van der Waals surface area contributed by atoms with E-state index in [9.17, 15) is 23.1 Å². The van der Waals surface area contributed by atoms with Gasteiger partial charge in [-0.05, 0) is 37.5 Å². The molecule has 1 fully saturated rings. The van der Waals surface area contributed by atoms with Crippen LogP contribution >= 0.6 is 0 Å². The van der Waals surface area contributed by atoms with Gasteiger partial charge in [-0.15, -0.1) is 0 Å². The standard InChI is InChI=1S/C19H18N2O6S/c1-9-7-11(18(24)16-12(22)5-4-6-13(16)23)10(2)15-17-14(8-21(3)20-17)28(25,26)27-19(9)15/h7-8,24H,4-6H2,1-3H3. The molecule has 146 valence electrons. The van der Waals surface area contributed by atoms with Crippen molar-refractivity contribution in [3.63, 3.8) is 0 Å². The van der Waals surface area contributed by atoms with Crippen molar-refractivity contribution in [3.05, 3.63) is 34.5 Å². The van der Waals surface area contributed by atoms with Crippen LogP contribution in [0.25, 0.3) is 17.0 Å². The number of allylic oxidation sites excluding steroid dienone is 1. The number of aliphatic hydroxyl groups excluding tert-OH is 1. The van der Waals surface area contributed by atoms with Gasteiger partial charge >= 0.3 is 10.1 Å². The van der Waals surface area contributed by atoms with E-state index in [0.29, 0.717) is 23.1 Å². The number of carbonyl (C=O) groups excluding carboxylic acids is 2. The second-order valence-electron chi connectivity index (χ2n) is 7.05. The normalized spacial score (nSPS) is 17.8. The minimum Gasteiger partial charge on any atom is -0.506 e. The highest BCUT2D eigenvalue weighted by Gasteiger charge is 2.37. The summed E-state index contributed by atoms with van der Waals surface area (Å²) in [5.74, 6) is -1.03. The largest absolute Gasteiger partial charge is 0.506 e. The van der Waals surface area contributed by atoms with Crippen LogP contribution in [-0.2, 0) is 26.8 Å². The molecule has 2 heterocycles. The van der Waals surface area contributed by atoms with Crippen LogP contribution in [0.4, 0.5) is 0 Å². The summed E-state index contributed by atoms with van der Waals surface area (Å²) in [6, 6.07) is 1.52. The first kappa shape index (κ1) is 18.4. The lowest BCUT2D eigenvalue weighted by Crippen LogP contribution is -2.21. The van der Waals surface area contributed by atoms with E-state index in [0.717, 1.165) is 0 Å². The zero-order chi connectivity index (χ0) is 20.4. The van der Waals surface area contributed by atoms with Gasteiger partial charge in [-0.25, -0.2) is 0 Å². The average Bonchev–Trinajstić information content (AvgIpc) is 3.00. The lowest BCUT2D eigenvalue weighted by molar-refractivity contribution is -0.123. The molecule has 0 radical (unpaired) electrons. The maximum Gasteiger partial charge on any atom is 0.343 e. The Hall–Kier alpha value is -2.94. The number of fused-ring (bicyclic) bond motifs is 3. The van der Waals surface area contributed by atoms with Crippen LogP contribution in [0, 0.1) is 13.8 Å². The summed E-state index contributed by atoms with van der Waals surface area (Å²) in [4.78, 5) is 24.4. The number of Topliss-reactive ketones (excluding diaryl/α,β-unsaturated/α-hetero) is 2. The number of hydrogen-bond donors (Lipinski definition) is 1. The Bertz CT molecular complexity index is 1190. The third kappa shape index (κ3) is 2.57. The highest BCUT2D eigenvalue weighted by Crippen LogP contribution is 2.46. The van der Waals surface area contributed by atoms with Crippen molar-refractivity contribution >= 4 is 27.4 Å². The van der Waals surface area contributed by atoms with Crippen LogP contribution in [0.3, 0.4) is 0 Å². The van der Waals surface area contributed by atoms with Gasteiger partial charge in [0.15, 0.2) is 22.2 Å². The Labute approximate surface area is 161 Å². The Kier molecular flexibility index (Phi) is 3.97. The van der Waals surface area contributed by atoms with Gasteiger partial charge in [0.2, 0.25) is 0 Å². The third-order valence-electron chi connectivity index (χ3n) is 5.08. The fourth-order valence-electron chi connectivity index (χ4n) is 3.72. The minimum atomic E-state index is -4.01. The number of aromatic nitrogens is 2. The van der Waals surface area contributed by atoms with Crippen LogP contribution < -0.4 is 4.18 Å². The van der Waals surface area contributed by atoms with E-state index in [1.54, 1.807) is 20.9 Å².